The predicted octanol–water partition coefficient (Wildman–Crippen LogP) is 1.97. The molecular weight excluding hydrogens is 204 g/mol. The highest BCUT2D eigenvalue weighted by Gasteiger charge is 2.10. The molecular formula is C12H14N2O2. The zero-order valence-electron chi connectivity index (χ0n) is 9.40. The Kier molecular flexibility index (Phi) is 2.64. The van der Waals surface area contributed by atoms with Gasteiger partial charge < -0.3 is 9.51 Å². The lowest BCUT2D eigenvalue weighted by atomic mass is 10.2. The number of pyridine rings is 1. The van der Waals surface area contributed by atoms with Crippen molar-refractivity contribution in [2.75, 3.05) is 0 Å². The fourth-order valence-corrected chi connectivity index (χ4v) is 1.89. The molecule has 0 radical (unpaired) electrons. The summed E-state index contributed by atoms with van der Waals surface area (Å²) in [6.45, 7) is 3.92. The minimum atomic E-state index is -0.776. The lowest BCUT2D eigenvalue weighted by molar-refractivity contribution is -0.136. The van der Waals surface area contributed by atoms with Crippen LogP contribution in [0.5, 0.6) is 0 Å². The monoisotopic (exact) mass is 218 g/mol. The maximum atomic E-state index is 10.6. The van der Waals surface area contributed by atoms with Crippen LogP contribution in [0.3, 0.4) is 0 Å². The van der Waals surface area contributed by atoms with Gasteiger partial charge in [-0.2, -0.15) is 0 Å². The van der Waals surface area contributed by atoms with Gasteiger partial charge in [0.1, 0.15) is 5.65 Å². The summed E-state index contributed by atoms with van der Waals surface area (Å²) in [6, 6.07) is 3.95. The average molecular weight is 218 g/mol. The number of imidazole rings is 1. The molecule has 16 heavy (non-hydrogen) atoms. The van der Waals surface area contributed by atoms with Crippen LogP contribution in [0.25, 0.3) is 5.65 Å². The van der Waals surface area contributed by atoms with Gasteiger partial charge in [-0.3, -0.25) is 4.79 Å². The van der Waals surface area contributed by atoms with E-state index < -0.39 is 5.97 Å². The molecule has 0 fully saturated rings. The lowest BCUT2D eigenvalue weighted by Gasteiger charge is -2.01. The van der Waals surface area contributed by atoms with E-state index in [0.717, 1.165) is 22.6 Å². The zero-order valence-corrected chi connectivity index (χ0v) is 9.40. The van der Waals surface area contributed by atoms with Gasteiger partial charge in [-0.05, 0) is 25.5 Å². The second-order valence-electron chi connectivity index (χ2n) is 3.92. The molecule has 0 aliphatic heterocycles. The minimum absolute atomic E-state index is 0.141. The molecule has 0 aliphatic rings. The highest BCUT2D eigenvalue weighted by molar-refractivity contribution is 5.67. The van der Waals surface area contributed by atoms with Crippen LogP contribution in [0.15, 0.2) is 18.3 Å². The molecule has 0 spiro atoms. The number of nitrogens with zero attached hydrogens (tertiary/aromatic N) is 2. The van der Waals surface area contributed by atoms with Crippen molar-refractivity contribution in [1.82, 2.24) is 9.38 Å². The Hall–Kier alpha value is -1.84. The van der Waals surface area contributed by atoms with Crippen LogP contribution in [0.4, 0.5) is 0 Å². The van der Waals surface area contributed by atoms with Crippen molar-refractivity contribution in [1.29, 1.82) is 0 Å². The molecule has 0 saturated heterocycles. The first kappa shape index (κ1) is 10.7. The second-order valence-corrected chi connectivity index (χ2v) is 3.92. The first-order chi connectivity index (χ1) is 7.59. The van der Waals surface area contributed by atoms with Crippen LogP contribution in [-0.4, -0.2) is 20.5 Å². The molecule has 2 rings (SSSR count). The van der Waals surface area contributed by atoms with E-state index in [-0.39, 0.29) is 6.42 Å². The van der Waals surface area contributed by atoms with Gasteiger partial charge in [-0.15, -0.1) is 0 Å². The molecule has 1 N–H and O–H groups in total. The number of fused-ring (bicyclic) bond motifs is 1. The quantitative estimate of drug-likeness (QED) is 0.856. The summed E-state index contributed by atoms with van der Waals surface area (Å²) >= 11 is 0. The summed E-state index contributed by atoms with van der Waals surface area (Å²) in [5.74, 6) is -0.776. The molecule has 2 aromatic heterocycles. The van der Waals surface area contributed by atoms with Crippen molar-refractivity contribution >= 4 is 11.6 Å². The molecule has 0 saturated carbocycles. The van der Waals surface area contributed by atoms with E-state index in [1.807, 2.05) is 36.6 Å². The van der Waals surface area contributed by atoms with Gasteiger partial charge in [-0.25, -0.2) is 4.98 Å². The van der Waals surface area contributed by atoms with Crippen molar-refractivity contribution in [2.24, 2.45) is 0 Å². The van der Waals surface area contributed by atoms with E-state index in [0.29, 0.717) is 6.42 Å². The third-order valence-corrected chi connectivity index (χ3v) is 2.72. The summed E-state index contributed by atoms with van der Waals surface area (Å²) in [6.07, 6.45) is 2.59. The number of rotatable bonds is 3. The topological polar surface area (TPSA) is 54.6 Å². The molecule has 4 nitrogen and oxygen atoms in total. The Balaban J connectivity index is 2.48. The fourth-order valence-electron chi connectivity index (χ4n) is 1.89. The van der Waals surface area contributed by atoms with Crippen molar-refractivity contribution in [3.8, 4) is 0 Å². The molecule has 0 bridgehead atoms. The first-order valence-electron chi connectivity index (χ1n) is 5.24. The first-order valence-corrected chi connectivity index (χ1v) is 5.24. The SMILES string of the molecule is Cc1nc2c(C)cccn2c1CCC(=O)O. The second kappa shape index (κ2) is 3.96. The van der Waals surface area contributed by atoms with E-state index in [4.69, 9.17) is 5.11 Å². The van der Waals surface area contributed by atoms with Gasteiger partial charge in [0.25, 0.3) is 0 Å². The fraction of sp³-hybridized carbons (Fsp3) is 0.333. The standard InChI is InChI=1S/C12H14N2O2/c1-8-4-3-7-14-10(5-6-11(15)16)9(2)13-12(8)14/h3-4,7H,5-6H2,1-2H3,(H,15,16). The summed E-state index contributed by atoms with van der Waals surface area (Å²) in [5, 5.41) is 8.70. The highest BCUT2D eigenvalue weighted by atomic mass is 16.4. The molecule has 2 heterocycles. The largest absolute Gasteiger partial charge is 0.481 e. The van der Waals surface area contributed by atoms with Crippen LogP contribution in [-0.2, 0) is 11.2 Å². The minimum Gasteiger partial charge on any atom is -0.481 e. The molecule has 0 unspecified atom stereocenters. The van der Waals surface area contributed by atoms with Gasteiger partial charge in [0.05, 0.1) is 12.1 Å². The average Bonchev–Trinajstić information content (AvgIpc) is 2.53. The van der Waals surface area contributed by atoms with E-state index in [1.54, 1.807) is 0 Å². The number of carboxylic acids is 1. The Morgan fingerprint density at radius 1 is 1.50 bits per heavy atom. The van der Waals surface area contributed by atoms with E-state index in [1.165, 1.54) is 0 Å². The number of aryl methyl sites for hydroxylation is 3. The molecule has 0 aromatic carbocycles. The van der Waals surface area contributed by atoms with Gasteiger partial charge in [0.2, 0.25) is 0 Å². The van der Waals surface area contributed by atoms with E-state index in [9.17, 15) is 4.79 Å². The number of hydrogen-bond donors (Lipinski definition) is 1. The maximum absolute atomic E-state index is 10.6. The zero-order chi connectivity index (χ0) is 11.7. The van der Waals surface area contributed by atoms with Crippen LogP contribution in [0.2, 0.25) is 0 Å². The third-order valence-electron chi connectivity index (χ3n) is 2.72. The van der Waals surface area contributed by atoms with E-state index in [2.05, 4.69) is 4.98 Å². The van der Waals surface area contributed by atoms with Crippen molar-refractivity contribution in [3.05, 3.63) is 35.3 Å². The molecule has 0 amide bonds. The van der Waals surface area contributed by atoms with Crippen LogP contribution >= 0.6 is 0 Å². The van der Waals surface area contributed by atoms with Crippen molar-refractivity contribution in [2.45, 2.75) is 26.7 Å². The Labute approximate surface area is 93.5 Å². The maximum Gasteiger partial charge on any atom is 0.303 e. The number of aliphatic carboxylic acids is 1. The van der Waals surface area contributed by atoms with Crippen LogP contribution in [0, 0.1) is 13.8 Å². The van der Waals surface area contributed by atoms with Gasteiger partial charge in [-0.1, -0.05) is 6.07 Å². The normalized spacial score (nSPS) is 10.9. The summed E-state index contributed by atoms with van der Waals surface area (Å²) in [7, 11) is 0. The van der Waals surface area contributed by atoms with Gasteiger partial charge >= 0.3 is 5.97 Å². The molecule has 0 atom stereocenters. The number of carbonyl (C=O) groups is 1. The molecule has 0 aliphatic carbocycles. The van der Waals surface area contributed by atoms with Crippen molar-refractivity contribution in [3.63, 3.8) is 0 Å². The Morgan fingerprint density at radius 2 is 2.25 bits per heavy atom. The van der Waals surface area contributed by atoms with Gasteiger partial charge in [0, 0.05) is 18.3 Å². The Bertz CT molecular complexity index is 543. The number of carboxylic acid groups (broad SMARTS) is 1. The summed E-state index contributed by atoms with van der Waals surface area (Å²) < 4.78 is 1.98. The third kappa shape index (κ3) is 1.78. The smallest absolute Gasteiger partial charge is 0.303 e. The molecule has 84 valence electrons. The van der Waals surface area contributed by atoms with Crippen LogP contribution < -0.4 is 0 Å². The van der Waals surface area contributed by atoms with Gasteiger partial charge in [0.15, 0.2) is 0 Å². The van der Waals surface area contributed by atoms with Crippen molar-refractivity contribution < 1.29 is 9.90 Å². The number of aromatic nitrogens is 2. The summed E-state index contributed by atoms with van der Waals surface area (Å²) in [4.78, 5) is 15.0. The lowest BCUT2D eigenvalue weighted by Crippen LogP contribution is -2.01. The highest BCUT2D eigenvalue weighted by Crippen LogP contribution is 2.16. The Morgan fingerprint density at radius 3 is 2.94 bits per heavy atom. The van der Waals surface area contributed by atoms with E-state index >= 15 is 0 Å². The molecule has 4 heteroatoms. The predicted molar refractivity (Wildman–Crippen MR) is 60.6 cm³/mol. The number of hydrogen-bond acceptors (Lipinski definition) is 2. The summed E-state index contributed by atoms with van der Waals surface area (Å²) in [5.41, 5.74) is 3.92. The van der Waals surface area contributed by atoms with Crippen LogP contribution in [0.1, 0.15) is 23.4 Å². The molecule has 2 aromatic rings.